The van der Waals surface area contributed by atoms with Gasteiger partial charge in [-0.15, -0.1) is 23.2 Å². The Morgan fingerprint density at radius 2 is 1.71 bits per heavy atom. The second kappa shape index (κ2) is 6.93. The lowest BCUT2D eigenvalue weighted by Crippen LogP contribution is -1.83. The van der Waals surface area contributed by atoms with Gasteiger partial charge in [0.15, 0.2) is 0 Å². The molecule has 0 aliphatic carbocycles. The van der Waals surface area contributed by atoms with Crippen molar-refractivity contribution in [2.75, 3.05) is 23.2 Å². The van der Waals surface area contributed by atoms with Crippen LogP contribution in [0.1, 0.15) is 2.74 Å². The van der Waals surface area contributed by atoms with Crippen LogP contribution < -0.4 is 0 Å². The van der Waals surface area contributed by atoms with Crippen molar-refractivity contribution in [2.45, 2.75) is 0 Å². The van der Waals surface area contributed by atoms with E-state index in [1.807, 2.05) is 0 Å². The molecule has 44 valence electrons. The fraction of sp³-hybridized carbons (Fsp3) is 1.00. The summed E-state index contributed by atoms with van der Waals surface area (Å²) >= 11 is 11.8. The maximum Gasteiger partial charge on any atom is 0.0393 e. The Labute approximate surface area is 61.4 Å². The molecule has 2 atom stereocenters. The molecule has 0 aromatic rings. The van der Waals surface area contributed by atoms with E-state index in [1.54, 1.807) is 0 Å². The fourth-order valence-corrected chi connectivity index (χ4v) is 0.859. The highest BCUT2D eigenvalue weighted by Gasteiger charge is 1.82. The van der Waals surface area contributed by atoms with Crippen molar-refractivity contribution in [1.29, 1.82) is 0 Å². The maximum absolute atomic E-state index is 7.11. The van der Waals surface area contributed by atoms with Crippen molar-refractivity contribution in [3.05, 3.63) is 0 Å². The zero-order valence-corrected chi connectivity index (χ0v) is 6.06. The van der Waals surface area contributed by atoms with E-state index in [0.717, 1.165) is 0 Å². The van der Waals surface area contributed by atoms with Gasteiger partial charge in [0.2, 0.25) is 0 Å². The Balaban J connectivity index is 3.22. The first-order valence-corrected chi connectivity index (χ1v) is 3.83. The van der Waals surface area contributed by atoms with Crippen molar-refractivity contribution in [1.82, 2.24) is 0 Å². The standard InChI is InChI=1S/C4H8Cl2S/c5-1-3-7-4-2-6/h1-4H2/i3D,4D. The monoisotopic (exact) mass is 160 g/mol. The molecule has 7 heavy (non-hydrogen) atoms. The largest absolute Gasteiger partial charge is 0.160 e. The van der Waals surface area contributed by atoms with Gasteiger partial charge in [0.05, 0.1) is 0 Å². The molecule has 0 aliphatic heterocycles. The van der Waals surface area contributed by atoms with Gasteiger partial charge in [0, 0.05) is 26.0 Å². The molecule has 2 unspecified atom stereocenters. The van der Waals surface area contributed by atoms with Crippen LogP contribution in [0, 0.1) is 0 Å². The molecule has 0 rings (SSSR count). The number of rotatable bonds is 4. The summed E-state index contributed by atoms with van der Waals surface area (Å²) < 4.78 is 14.2. The van der Waals surface area contributed by atoms with E-state index in [9.17, 15) is 0 Å². The van der Waals surface area contributed by atoms with Gasteiger partial charge < -0.3 is 0 Å². The van der Waals surface area contributed by atoms with Crippen LogP contribution in [0.2, 0.25) is 0 Å². The fourth-order valence-electron chi connectivity index (χ4n) is 0.141. The van der Waals surface area contributed by atoms with Crippen LogP contribution in [-0.4, -0.2) is 23.2 Å². The molecule has 0 bridgehead atoms. The molecular formula is C4H8Cl2S. The van der Waals surface area contributed by atoms with E-state index in [4.69, 9.17) is 25.9 Å². The minimum absolute atomic E-state index is 0.261. The van der Waals surface area contributed by atoms with Crippen LogP contribution in [0.25, 0.3) is 0 Å². The van der Waals surface area contributed by atoms with Gasteiger partial charge in [-0.3, -0.25) is 0 Å². The Morgan fingerprint density at radius 1 is 1.29 bits per heavy atom. The summed E-state index contributed by atoms with van der Waals surface area (Å²) in [5, 5.41) is 0. The van der Waals surface area contributed by atoms with E-state index in [0.29, 0.717) is 0 Å². The average Bonchev–Trinajstić information content (AvgIpc) is 1.87. The van der Waals surface area contributed by atoms with E-state index in [2.05, 4.69) is 0 Å². The molecule has 0 heterocycles. The summed E-state index contributed by atoms with van der Waals surface area (Å²) in [6, 6.07) is 0. The van der Waals surface area contributed by atoms with Gasteiger partial charge in [-0.1, -0.05) is 0 Å². The second-order valence-corrected chi connectivity index (χ2v) is 2.33. The molecule has 0 saturated heterocycles. The van der Waals surface area contributed by atoms with Crippen LogP contribution in [0.3, 0.4) is 0 Å². The molecule has 0 aromatic heterocycles. The smallest absolute Gasteiger partial charge is 0.0393 e. The van der Waals surface area contributed by atoms with Gasteiger partial charge in [-0.05, 0) is 0 Å². The third-order valence-corrected chi connectivity index (χ3v) is 1.71. The van der Waals surface area contributed by atoms with Crippen molar-refractivity contribution in [3.63, 3.8) is 0 Å². The van der Waals surface area contributed by atoms with Gasteiger partial charge in [0.1, 0.15) is 0 Å². The summed E-state index contributed by atoms with van der Waals surface area (Å²) in [5.74, 6) is 0.522. The second-order valence-electron chi connectivity index (χ2n) is 0.778. The molecular weight excluding hydrogens is 151 g/mol. The third-order valence-electron chi connectivity index (χ3n) is 0.318. The lowest BCUT2D eigenvalue weighted by Gasteiger charge is -1.89. The van der Waals surface area contributed by atoms with Crippen molar-refractivity contribution in [3.8, 4) is 0 Å². The lowest BCUT2D eigenvalue weighted by molar-refractivity contribution is 1.47. The number of hydrogen-bond donors (Lipinski definition) is 0. The van der Waals surface area contributed by atoms with Crippen molar-refractivity contribution >= 4 is 35.0 Å². The van der Waals surface area contributed by atoms with Crippen molar-refractivity contribution in [2.24, 2.45) is 0 Å². The Kier molecular flexibility index (Phi) is 4.73. The normalized spacial score (nSPS) is 22.6. The Morgan fingerprint density at radius 3 is 2.00 bits per heavy atom. The summed E-state index contributed by atoms with van der Waals surface area (Å²) in [7, 11) is 0. The SMILES string of the molecule is [2H]C(CCl)SC([2H])CCl. The molecule has 0 radical (unpaired) electrons. The molecule has 0 amide bonds. The average molecular weight is 161 g/mol. The minimum Gasteiger partial charge on any atom is -0.160 e. The number of halogens is 2. The van der Waals surface area contributed by atoms with Crippen LogP contribution in [-0.2, 0) is 0 Å². The van der Waals surface area contributed by atoms with Gasteiger partial charge in [0.25, 0.3) is 0 Å². The first-order chi connectivity index (χ1) is 4.20. The molecule has 0 aliphatic rings. The molecule has 0 nitrogen and oxygen atoms in total. The molecule has 0 aromatic carbocycles. The summed E-state index contributed by atoms with van der Waals surface area (Å²) in [6.07, 6.45) is 0. The summed E-state index contributed by atoms with van der Waals surface area (Å²) in [5.41, 5.74) is -0.819. The number of thioether (sulfide) groups is 1. The number of alkyl halides is 2. The maximum atomic E-state index is 7.11. The Hall–Kier alpha value is 0.930. The molecule has 0 fully saturated rings. The molecule has 3 heteroatoms. The van der Waals surface area contributed by atoms with E-state index >= 15 is 0 Å². The lowest BCUT2D eigenvalue weighted by atomic mass is 10.9. The highest BCUT2D eigenvalue weighted by Crippen LogP contribution is 1.99. The highest BCUT2D eigenvalue weighted by atomic mass is 35.5. The third kappa shape index (κ3) is 6.93. The van der Waals surface area contributed by atoms with Crippen LogP contribution >= 0.6 is 35.0 Å². The highest BCUT2D eigenvalue weighted by molar-refractivity contribution is 7.99. The van der Waals surface area contributed by atoms with Crippen LogP contribution in [0.4, 0.5) is 0 Å². The molecule has 0 spiro atoms. The minimum atomic E-state index is -0.409. The predicted octanol–water partition coefficient (Wildman–Crippen LogP) is 2.20. The number of hydrogen-bond acceptors (Lipinski definition) is 1. The van der Waals surface area contributed by atoms with Crippen LogP contribution in [0.5, 0.6) is 0 Å². The zero-order valence-electron chi connectivity index (χ0n) is 5.73. The first kappa shape index (κ1) is 4.78. The zero-order chi connectivity index (χ0) is 7.28. The van der Waals surface area contributed by atoms with Gasteiger partial charge >= 0.3 is 0 Å². The molecule has 0 N–H and O–H groups in total. The summed E-state index contributed by atoms with van der Waals surface area (Å²) in [4.78, 5) is 0. The quantitative estimate of drug-likeness (QED) is 0.569. The first-order valence-electron chi connectivity index (χ1n) is 2.98. The van der Waals surface area contributed by atoms with Crippen LogP contribution in [0.15, 0.2) is 0 Å². The van der Waals surface area contributed by atoms with Gasteiger partial charge in [-0.25, -0.2) is 0 Å². The topological polar surface area (TPSA) is 0 Å². The van der Waals surface area contributed by atoms with Gasteiger partial charge in [-0.2, -0.15) is 11.8 Å². The van der Waals surface area contributed by atoms with E-state index in [1.165, 1.54) is 11.8 Å². The predicted molar refractivity (Wildman–Crippen MR) is 38.8 cm³/mol. The Bertz CT molecular complexity index is 65.6. The molecule has 0 saturated carbocycles. The summed E-state index contributed by atoms with van der Waals surface area (Å²) in [6.45, 7) is 0. The van der Waals surface area contributed by atoms with E-state index in [-0.39, 0.29) is 11.8 Å². The van der Waals surface area contributed by atoms with E-state index < -0.39 is 11.5 Å². The van der Waals surface area contributed by atoms with Crippen molar-refractivity contribution < 1.29 is 2.74 Å².